The normalized spacial score (nSPS) is 10.7. The summed E-state index contributed by atoms with van der Waals surface area (Å²) in [7, 11) is 0. The Labute approximate surface area is 116 Å². The quantitative estimate of drug-likeness (QED) is 0.681. The molecule has 1 amide bonds. The lowest BCUT2D eigenvalue weighted by atomic mass is 10.1. The molecule has 0 unspecified atom stereocenters. The molecular formula is C16H15N3O. The average molecular weight is 265 g/mol. The third kappa shape index (κ3) is 2.29. The molecule has 4 N–H and O–H groups in total. The van der Waals surface area contributed by atoms with E-state index in [1.54, 1.807) is 0 Å². The molecule has 20 heavy (non-hydrogen) atoms. The predicted molar refractivity (Wildman–Crippen MR) is 80.6 cm³/mol. The minimum absolute atomic E-state index is 0.121. The smallest absolute Gasteiger partial charge is 0.256 e. The van der Waals surface area contributed by atoms with Crippen molar-refractivity contribution in [2.75, 3.05) is 5.32 Å². The molecule has 0 aliphatic heterocycles. The van der Waals surface area contributed by atoms with Crippen LogP contribution >= 0.6 is 0 Å². The van der Waals surface area contributed by atoms with Crippen LogP contribution in [0.5, 0.6) is 0 Å². The van der Waals surface area contributed by atoms with Crippen molar-refractivity contribution in [3.05, 3.63) is 65.9 Å². The van der Waals surface area contributed by atoms with Crippen molar-refractivity contribution in [2.24, 2.45) is 5.73 Å². The highest BCUT2D eigenvalue weighted by atomic mass is 16.1. The lowest BCUT2D eigenvalue weighted by Gasteiger charge is -2.07. The van der Waals surface area contributed by atoms with Gasteiger partial charge in [0.2, 0.25) is 0 Å². The number of rotatable bonds is 3. The molecule has 0 radical (unpaired) electrons. The fourth-order valence-electron chi connectivity index (χ4n) is 2.26. The summed E-state index contributed by atoms with van der Waals surface area (Å²) in [4.78, 5) is 15.5. The molecule has 3 aromatic rings. The molecule has 0 aliphatic rings. The second-order valence-electron chi connectivity index (χ2n) is 4.60. The van der Waals surface area contributed by atoms with Gasteiger partial charge in [-0.15, -0.1) is 0 Å². The first-order valence-electron chi connectivity index (χ1n) is 6.44. The molecule has 0 fully saturated rings. The number of anilines is 1. The highest BCUT2D eigenvalue weighted by molar-refractivity contribution is 6.12. The summed E-state index contributed by atoms with van der Waals surface area (Å²) in [5.74, 6) is -0.121. The van der Waals surface area contributed by atoms with E-state index < -0.39 is 0 Å². The average Bonchev–Trinajstić information content (AvgIpc) is 2.95. The Morgan fingerprint density at radius 1 is 1.15 bits per heavy atom. The van der Waals surface area contributed by atoms with E-state index in [0.29, 0.717) is 12.1 Å². The van der Waals surface area contributed by atoms with E-state index in [2.05, 4.69) is 10.3 Å². The molecule has 0 atom stereocenters. The number of hydrogen-bond acceptors (Lipinski definition) is 2. The van der Waals surface area contributed by atoms with E-state index in [-0.39, 0.29) is 5.91 Å². The molecule has 0 spiro atoms. The Balaban J connectivity index is 1.91. The molecule has 0 saturated heterocycles. The maximum absolute atomic E-state index is 12.4. The van der Waals surface area contributed by atoms with Crippen LogP contribution in [-0.4, -0.2) is 10.9 Å². The van der Waals surface area contributed by atoms with Gasteiger partial charge in [-0.2, -0.15) is 0 Å². The van der Waals surface area contributed by atoms with E-state index in [4.69, 9.17) is 5.73 Å². The lowest BCUT2D eigenvalue weighted by Crippen LogP contribution is -2.12. The first-order valence-corrected chi connectivity index (χ1v) is 6.44. The maximum Gasteiger partial charge on any atom is 0.256 e. The van der Waals surface area contributed by atoms with Crippen LogP contribution in [0, 0.1) is 0 Å². The molecule has 0 bridgehead atoms. The topological polar surface area (TPSA) is 70.9 Å². The van der Waals surface area contributed by atoms with Gasteiger partial charge < -0.3 is 16.0 Å². The molecular weight excluding hydrogens is 250 g/mol. The molecule has 4 heteroatoms. The van der Waals surface area contributed by atoms with Crippen LogP contribution in [0.25, 0.3) is 10.9 Å². The van der Waals surface area contributed by atoms with Gasteiger partial charge in [-0.1, -0.05) is 18.2 Å². The van der Waals surface area contributed by atoms with Crippen molar-refractivity contribution < 1.29 is 4.79 Å². The number of aromatic amines is 1. The number of benzene rings is 2. The summed E-state index contributed by atoms with van der Waals surface area (Å²) in [6.45, 7) is 0.455. The van der Waals surface area contributed by atoms with Crippen LogP contribution in [0.15, 0.2) is 54.7 Å². The Morgan fingerprint density at radius 2 is 2.00 bits per heavy atom. The van der Waals surface area contributed by atoms with Gasteiger partial charge in [0.1, 0.15) is 0 Å². The van der Waals surface area contributed by atoms with Crippen molar-refractivity contribution in [2.45, 2.75) is 6.54 Å². The summed E-state index contributed by atoms with van der Waals surface area (Å²) < 4.78 is 0. The van der Waals surface area contributed by atoms with Crippen LogP contribution < -0.4 is 11.1 Å². The monoisotopic (exact) mass is 265 g/mol. The number of nitrogens with one attached hydrogen (secondary N) is 2. The molecule has 4 nitrogen and oxygen atoms in total. The molecule has 2 aromatic carbocycles. The van der Waals surface area contributed by atoms with E-state index in [1.807, 2.05) is 54.7 Å². The number of nitrogens with two attached hydrogens (primary N) is 1. The lowest BCUT2D eigenvalue weighted by molar-refractivity contribution is 0.102. The zero-order valence-electron chi connectivity index (χ0n) is 10.9. The third-order valence-electron chi connectivity index (χ3n) is 3.26. The molecule has 1 aromatic heterocycles. The van der Waals surface area contributed by atoms with Gasteiger partial charge in [-0.25, -0.2) is 0 Å². The van der Waals surface area contributed by atoms with E-state index in [1.165, 1.54) is 0 Å². The molecule has 3 rings (SSSR count). The largest absolute Gasteiger partial charge is 0.361 e. The highest BCUT2D eigenvalue weighted by Gasteiger charge is 2.10. The molecule has 1 heterocycles. The number of carbonyl (C=O) groups is 1. The van der Waals surface area contributed by atoms with Gasteiger partial charge in [0.15, 0.2) is 0 Å². The number of hydrogen-bond donors (Lipinski definition) is 3. The Bertz CT molecular complexity index is 761. The first kappa shape index (κ1) is 12.4. The second kappa shape index (κ2) is 5.19. The number of H-pyrrole nitrogens is 1. The van der Waals surface area contributed by atoms with Crippen molar-refractivity contribution in [3.8, 4) is 0 Å². The summed E-state index contributed by atoms with van der Waals surface area (Å²) in [5.41, 5.74) is 8.95. The summed E-state index contributed by atoms with van der Waals surface area (Å²) in [5, 5.41) is 3.82. The standard InChI is InChI=1S/C16H15N3O/c17-10-11-3-1-4-12(9-11)19-16(20)14-5-2-6-15-13(14)7-8-18-15/h1-9,18H,10,17H2,(H,19,20). The van der Waals surface area contributed by atoms with Gasteiger partial charge in [-0.3, -0.25) is 4.79 Å². The van der Waals surface area contributed by atoms with Gasteiger partial charge in [0, 0.05) is 34.9 Å². The zero-order valence-corrected chi connectivity index (χ0v) is 10.9. The van der Waals surface area contributed by atoms with Crippen molar-refractivity contribution in [3.63, 3.8) is 0 Å². The van der Waals surface area contributed by atoms with E-state index in [0.717, 1.165) is 22.2 Å². The summed E-state index contributed by atoms with van der Waals surface area (Å²) in [6, 6.07) is 15.1. The Morgan fingerprint density at radius 3 is 2.85 bits per heavy atom. The van der Waals surface area contributed by atoms with Crippen molar-refractivity contribution >= 4 is 22.5 Å². The van der Waals surface area contributed by atoms with Gasteiger partial charge in [0.05, 0.1) is 0 Å². The third-order valence-corrected chi connectivity index (χ3v) is 3.26. The SMILES string of the molecule is NCc1cccc(NC(=O)c2cccc3[nH]ccc23)c1. The number of fused-ring (bicyclic) bond motifs is 1. The van der Waals surface area contributed by atoms with Crippen LogP contribution in [-0.2, 0) is 6.54 Å². The fraction of sp³-hybridized carbons (Fsp3) is 0.0625. The first-order chi connectivity index (χ1) is 9.78. The highest BCUT2D eigenvalue weighted by Crippen LogP contribution is 2.19. The maximum atomic E-state index is 12.4. The fourth-order valence-corrected chi connectivity index (χ4v) is 2.26. The molecule has 0 aliphatic carbocycles. The summed E-state index contributed by atoms with van der Waals surface area (Å²) in [6.07, 6.45) is 1.83. The minimum atomic E-state index is -0.121. The predicted octanol–water partition coefficient (Wildman–Crippen LogP) is 2.88. The van der Waals surface area contributed by atoms with Crippen LogP contribution in [0.4, 0.5) is 5.69 Å². The number of aromatic nitrogens is 1. The van der Waals surface area contributed by atoms with Gasteiger partial charge in [0.25, 0.3) is 5.91 Å². The van der Waals surface area contributed by atoms with Gasteiger partial charge >= 0.3 is 0 Å². The Hall–Kier alpha value is -2.59. The second-order valence-corrected chi connectivity index (χ2v) is 4.60. The minimum Gasteiger partial charge on any atom is -0.361 e. The van der Waals surface area contributed by atoms with Crippen LogP contribution in [0.2, 0.25) is 0 Å². The van der Waals surface area contributed by atoms with Crippen molar-refractivity contribution in [1.29, 1.82) is 0 Å². The van der Waals surface area contributed by atoms with E-state index >= 15 is 0 Å². The van der Waals surface area contributed by atoms with Crippen molar-refractivity contribution in [1.82, 2.24) is 4.98 Å². The van der Waals surface area contributed by atoms with Gasteiger partial charge in [-0.05, 0) is 35.9 Å². The Kier molecular flexibility index (Phi) is 3.23. The zero-order chi connectivity index (χ0) is 13.9. The summed E-state index contributed by atoms with van der Waals surface area (Å²) >= 11 is 0. The van der Waals surface area contributed by atoms with Crippen LogP contribution in [0.1, 0.15) is 15.9 Å². The van der Waals surface area contributed by atoms with Crippen LogP contribution in [0.3, 0.4) is 0 Å². The number of amides is 1. The van der Waals surface area contributed by atoms with E-state index in [9.17, 15) is 4.79 Å². The number of carbonyl (C=O) groups excluding carboxylic acids is 1. The molecule has 0 saturated carbocycles. The molecule has 100 valence electrons.